The molecule has 0 spiro atoms. The van der Waals surface area contributed by atoms with Gasteiger partial charge in [-0.3, -0.25) is 19.6 Å². The molecule has 2 saturated carbocycles. The van der Waals surface area contributed by atoms with E-state index in [2.05, 4.69) is 45.7 Å². The van der Waals surface area contributed by atoms with Gasteiger partial charge in [-0.05, 0) is 80.5 Å². The smallest absolute Gasteiger partial charge is 0.331 e. The number of nitrogens with zero attached hydrogens (tertiary/aromatic N) is 8. The first kappa shape index (κ1) is 27.3. The summed E-state index contributed by atoms with van der Waals surface area (Å²) in [6.07, 6.45) is 10.5. The van der Waals surface area contributed by atoms with Crippen LogP contribution < -0.4 is 15.1 Å². The Balaban J connectivity index is 1.01. The van der Waals surface area contributed by atoms with Gasteiger partial charge < -0.3 is 14.6 Å². The molecule has 1 N–H and O–H groups in total. The van der Waals surface area contributed by atoms with Crippen molar-refractivity contribution in [2.75, 3.05) is 41.8 Å². The maximum absolute atomic E-state index is 12.9. The van der Waals surface area contributed by atoms with E-state index in [9.17, 15) is 9.59 Å². The number of imide groups is 1. The Hall–Kier alpha value is -5.06. The molecule has 4 aliphatic rings. The van der Waals surface area contributed by atoms with Crippen LogP contribution in [0, 0.1) is 6.92 Å². The van der Waals surface area contributed by atoms with Crippen molar-refractivity contribution in [1.82, 2.24) is 29.2 Å². The molecule has 2 aliphatic carbocycles. The summed E-state index contributed by atoms with van der Waals surface area (Å²) in [5, 5.41) is 4.73. The molecule has 2 atom stereocenters. The van der Waals surface area contributed by atoms with Gasteiger partial charge in [0, 0.05) is 78.7 Å². The molecular formula is C35H35N9O2. The number of carbonyl (C=O) groups excluding carboxylic acids is 2. The second kappa shape index (κ2) is 10.2. The molecule has 3 amide bonds. The maximum atomic E-state index is 12.9. The molecule has 0 radical (unpaired) electrons. The SMILES string of the molecule is Cc1ccnc(C2C[C@@H]2c2cc(N3CCC3)c3ccc(NCc4cn5cc(C6CC6)cc(N6CC(=O)N(C)C6=O)c5n4)cc3n2)n1. The summed E-state index contributed by atoms with van der Waals surface area (Å²) >= 11 is 0. The quantitative estimate of drug-likeness (QED) is 0.233. The lowest BCUT2D eigenvalue weighted by Gasteiger charge is -2.34. The summed E-state index contributed by atoms with van der Waals surface area (Å²) in [6, 6.07) is 12.4. The molecule has 11 nitrogen and oxygen atoms in total. The minimum atomic E-state index is -0.313. The van der Waals surface area contributed by atoms with Gasteiger partial charge in [-0.25, -0.2) is 19.7 Å². The largest absolute Gasteiger partial charge is 0.379 e. The lowest BCUT2D eigenvalue weighted by Crippen LogP contribution is -2.37. The van der Waals surface area contributed by atoms with Gasteiger partial charge in [-0.2, -0.15) is 0 Å². The molecule has 4 aromatic heterocycles. The number of aryl methyl sites for hydroxylation is 1. The number of nitrogens with one attached hydrogen (secondary N) is 1. The van der Waals surface area contributed by atoms with Crippen LogP contribution >= 0.6 is 0 Å². The molecule has 1 aromatic carbocycles. The lowest BCUT2D eigenvalue weighted by molar-refractivity contribution is -0.123. The molecule has 232 valence electrons. The predicted octanol–water partition coefficient (Wildman–Crippen LogP) is 5.35. The molecule has 1 unspecified atom stereocenters. The zero-order valence-electron chi connectivity index (χ0n) is 26.0. The Morgan fingerprint density at radius 3 is 2.57 bits per heavy atom. The van der Waals surface area contributed by atoms with Crippen LogP contribution in [0.1, 0.15) is 71.9 Å². The van der Waals surface area contributed by atoms with Gasteiger partial charge in [0.1, 0.15) is 12.4 Å². The number of carbonyl (C=O) groups is 2. The number of imidazole rings is 1. The van der Waals surface area contributed by atoms with Crippen molar-refractivity contribution in [3.05, 3.63) is 83.5 Å². The zero-order valence-corrected chi connectivity index (χ0v) is 26.0. The van der Waals surface area contributed by atoms with Crippen molar-refractivity contribution in [3.63, 3.8) is 0 Å². The first-order valence-corrected chi connectivity index (χ1v) is 16.2. The molecule has 2 aliphatic heterocycles. The molecule has 0 bridgehead atoms. The highest BCUT2D eigenvalue weighted by Gasteiger charge is 2.43. The number of anilines is 3. The number of amides is 3. The minimum absolute atomic E-state index is 0.0324. The van der Waals surface area contributed by atoms with Crippen LogP contribution in [0.3, 0.4) is 0 Å². The second-order valence-electron chi connectivity index (χ2n) is 13.2. The van der Waals surface area contributed by atoms with E-state index in [4.69, 9.17) is 15.0 Å². The average molecular weight is 614 g/mol. The van der Waals surface area contributed by atoms with Gasteiger partial charge in [0.2, 0.25) is 5.91 Å². The van der Waals surface area contributed by atoms with Crippen molar-refractivity contribution in [1.29, 1.82) is 0 Å². The third-order valence-electron chi connectivity index (χ3n) is 9.92. The van der Waals surface area contributed by atoms with Crippen LogP contribution in [-0.4, -0.2) is 67.9 Å². The first-order chi connectivity index (χ1) is 22.4. The summed E-state index contributed by atoms with van der Waals surface area (Å²) in [4.78, 5) is 49.8. The molecular weight excluding hydrogens is 578 g/mol. The summed E-state index contributed by atoms with van der Waals surface area (Å²) in [5.41, 5.74) is 8.71. The van der Waals surface area contributed by atoms with Gasteiger partial charge in [0.15, 0.2) is 5.65 Å². The van der Waals surface area contributed by atoms with E-state index in [-0.39, 0.29) is 18.5 Å². The van der Waals surface area contributed by atoms with E-state index >= 15 is 0 Å². The van der Waals surface area contributed by atoms with Crippen LogP contribution in [-0.2, 0) is 11.3 Å². The van der Waals surface area contributed by atoms with Crippen molar-refractivity contribution >= 4 is 45.6 Å². The lowest BCUT2D eigenvalue weighted by atomic mass is 10.1. The first-order valence-electron chi connectivity index (χ1n) is 16.2. The van der Waals surface area contributed by atoms with E-state index in [1.54, 1.807) is 4.90 Å². The molecule has 46 heavy (non-hydrogen) atoms. The average Bonchev–Trinajstić information content (AvgIpc) is 3.96. The van der Waals surface area contributed by atoms with Crippen LogP contribution in [0.4, 0.5) is 21.9 Å². The molecule has 11 heteroatoms. The summed E-state index contributed by atoms with van der Waals surface area (Å²) < 4.78 is 2.01. The van der Waals surface area contributed by atoms with Gasteiger partial charge in [-0.15, -0.1) is 0 Å². The molecule has 9 rings (SSSR count). The van der Waals surface area contributed by atoms with E-state index < -0.39 is 0 Å². The molecule has 5 aromatic rings. The summed E-state index contributed by atoms with van der Waals surface area (Å²) in [6.45, 7) is 4.69. The number of hydrogen-bond donors (Lipinski definition) is 1. The highest BCUT2D eigenvalue weighted by atomic mass is 16.2. The number of benzene rings is 1. The standard InChI is InChI=1S/C35H35N9O2/c1-20-8-9-36-33(38-20)27-14-26(27)29-15-30(42-10-3-11-42)25-7-6-23(13-28(25)40-29)37-16-24-18-43-17-22(21-4-5-21)12-31(34(43)39-24)44-19-32(45)41(2)35(44)46/h6-9,12-13,15,17-18,21,26-27,37H,3-5,10-11,14,16,19H2,1-2H3/t26-,27?/m0/s1. The molecule has 6 heterocycles. The Labute approximate surface area is 266 Å². The fraction of sp³-hybridized carbons (Fsp3) is 0.371. The third kappa shape index (κ3) is 4.64. The normalized spacial score (nSPS) is 21.0. The third-order valence-corrected chi connectivity index (χ3v) is 9.92. The van der Waals surface area contributed by atoms with E-state index in [1.807, 2.05) is 35.9 Å². The van der Waals surface area contributed by atoms with Gasteiger partial charge in [0.25, 0.3) is 0 Å². The van der Waals surface area contributed by atoms with E-state index in [0.29, 0.717) is 35.6 Å². The number of aromatic nitrogens is 5. The number of hydrogen-bond acceptors (Lipinski definition) is 8. The van der Waals surface area contributed by atoms with Gasteiger partial charge in [0.05, 0.1) is 23.4 Å². The van der Waals surface area contributed by atoms with E-state index in [1.165, 1.54) is 29.6 Å². The Kier molecular flexibility index (Phi) is 6.06. The Morgan fingerprint density at radius 2 is 1.83 bits per heavy atom. The van der Waals surface area contributed by atoms with Crippen LogP contribution in [0.5, 0.6) is 0 Å². The Morgan fingerprint density at radius 1 is 0.957 bits per heavy atom. The van der Waals surface area contributed by atoms with Crippen molar-refractivity contribution in [2.24, 2.45) is 0 Å². The summed E-state index contributed by atoms with van der Waals surface area (Å²) in [5.74, 6) is 1.84. The Bertz CT molecular complexity index is 2060. The number of pyridine rings is 2. The predicted molar refractivity (Wildman–Crippen MR) is 175 cm³/mol. The molecule has 2 saturated heterocycles. The van der Waals surface area contributed by atoms with Crippen molar-refractivity contribution in [2.45, 2.75) is 56.9 Å². The maximum Gasteiger partial charge on any atom is 0.331 e. The van der Waals surface area contributed by atoms with Crippen molar-refractivity contribution < 1.29 is 9.59 Å². The number of fused-ring (bicyclic) bond motifs is 2. The minimum Gasteiger partial charge on any atom is -0.379 e. The number of urea groups is 1. The summed E-state index contributed by atoms with van der Waals surface area (Å²) in [7, 11) is 1.53. The van der Waals surface area contributed by atoms with E-state index in [0.717, 1.165) is 71.8 Å². The topological polar surface area (TPSA) is 112 Å². The number of rotatable bonds is 8. The fourth-order valence-corrected chi connectivity index (χ4v) is 6.86. The van der Waals surface area contributed by atoms with Crippen molar-refractivity contribution in [3.8, 4) is 0 Å². The highest BCUT2D eigenvalue weighted by molar-refractivity contribution is 6.13. The van der Waals surface area contributed by atoms with Gasteiger partial charge >= 0.3 is 6.03 Å². The number of likely N-dealkylation sites (N-methyl/N-ethyl adjacent to an activating group) is 1. The zero-order chi connectivity index (χ0) is 31.1. The monoisotopic (exact) mass is 613 g/mol. The van der Waals surface area contributed by atoms with Gasteiger partial charge in [-0.1, -0.05) is 0 Å². The second-order valence-corrected chi connectivity index (χ2v) is 13.2. The van der Waals surface area contributed by atoms with Crippen LogP contribution in [0.25, 0.3) is 16.6 Å². The van der Waals surface area contributed by atoms with Crippen LogP contribution in [0.2, 0.25) is 0 Å². The van der Waals surface area contributed by atoms with Crippen LogP contribution in [0.15, 0.2) is 55.0 Å². The highest BCUT2D eigenvalue weighted by Crippen LogP contribution is 2.54. The fourth-order valence-electron chi connectivity index (χ4n) is 6.86. The molecule has 4 fully saturated rings.